The maximum atomic E-state index is 3.91. The molecule has 0 aliphatic heterocycles. The van der Waals surface area contributed by atoms with Crippen molar-refractivity contribution in [2.75, 3.05) is 0 Å². The number of quaternary nitrogens is 1. The molecule has 0 aliphatic rings. The van der Waals surface area contributed by atoms with Crippen molar-refractivity contribution < 1.29 is 5.73 Å². The zero-order valence-electron chi connectivity index (χ0n) is 5.23. The Morgan fingerprint density at radius 2 is 2.44 bits per heavy atom. The van der Waals surface area contributed by atoms with Gasteiger partial charge in [0.05, 0.1) is 4.88 Å². The molecule has 0 spiro atoms. The largest absolute Gasteiger partial charge is 0.351 e. The van der Waals surface area contributed by atoms with Gasteiger partial charge in [-0.3, -0.25) is 0 Å². The van der Waals surface area contributed by atoms with E-state index in [0.29, 0.717) is 6.04 Å². The molecule has 0 radical (unpaired) electrons. The summed E-state index contributed by atoms with van der Waals surface area (Å²) in [6.07, 6.45) is 0. The monoisotopic (exact) mass is 206 g/mol. The van der Waals surface area contributed by atoms with Crippen molar-refractivity contribution in [1.82, 2.24) is 0 Å². The van der Waals surface area contributed by atoms with E-state index in [4.69, 9.17) is 0 Å². The molecule has 0 aliphatic carbocycles. The molecule has 0 bridgehead atoms. The minimum absolute atomic E-state index is 0.418. The van der Waals surface area contributed by atoms with Gasteiger partial charge < -0.3 is 5.73 Å². The molecular formula is C6H9BrNS+. The normalized spacial score (nSPS) is 13.7. The lowest BCUT2D eigenvalue weighted by Crippen LogP contribution is -2.51. The van der Waals surface area contributed by atoms with Crippen molar-refractivity contribution in [3.8, 4) is 0 Å². The average molecular weight is 207 g/mol. The first-order valence-corrected chi connectivity index (χ1v) is 4.44. The van der Waals surface area contributed by atoms with Crippen LogP contribution in [0.2, 0.25) is 0 Å². The highest BCUT2D eigenvalue weighted by Crippen LogP contribution is 2.22. The molecule has 1 heterocycles. The fourth-order valence-electron chi connectivity index (χ4n) is 0.587. The van der Waals surface area contributed by atoms with E-state index < -0.39 is 0 Å². The average Bonchev–Trinajstić information content (AvgIpc) is 2.14. The van der Waals surface area contributed by atoms with E-state index >= 15 is 0 Å². The molecule has 1 nitrogen and oxygen atoms in total. The summed E-state index contributed by atoms with van der Waals surface area (Å²) < 4.78 is 1.16. The van der Waals surface area contributed by atoms with Gasteiger partial charge in [0, 0.05) is 9.85 Å². The molecule has 1 atom stereocenters. The number of halogens is 1. The van der Waals surface area contributed by atoms with Gasteiger partial charge in [0.1, 0.15) is 6.04 Å². The van der Waals surface area contributed by atoms with Crippen molar-refractivity contribution in [3.63, 3.8) is 0 Å². The maximum Gasteiger partial charge on any atom is 0.116 e. The lowest BCUT2D eigenvalue weighted by atomic mass is 10.3. The van der Waals surface area contributed by atoms with E-state index in [2.05, 4.69) is 40.0 Å². The predicted octanol–water partition coefficient (Wildman–Crippen LogP) is 1.81. The van der Waals surface area contributed by atoms with E-state index in [9.17, 15) is 0 Å². The standard InChI is InChI=1S/C6H8BrNS/c1-4(8)6-2-5(7)3-9-6/h2-4H,8H2,1H3/p+1. The molecule has 3 N–H and O–H groups in total. The Labute approximate surface area is 67.0 Å². The van der Waals surface area contributed by atoms with Crippen LogP contribution in [0.15, 0.2) is 15.9 Å². The number of thiophene rings is 1. The van der Waals surface area contributed by atoms with E-state index in [1.807, 2.05) is 0 Å². The van der Waals surface area contributed by atoms with Gasteiger partial charge in [-0.2, -0.15) is 0 Å². The minimum atomic E-state index is 0.418. The number of hydrogen-bond donors (Lipinski definition) is 1. The first kappa shape index (κ1) is 7.25. The fraction of sp³-hybridized carbons (Fsp3) is 0.333. The van der Waals surface area contributed by atoms with Gasteiger partial charge in [-0.25, -0.2) is 0 Å². The summed E-state index contributed by atoms with van der Waals surface area (Å²) in [5.74, 6) is 0. The van der Waals surface area contributed by atoms with Crippen LogP contribution >= 0.6 is 27.3 Å². The Morgan fingerprint density at radius 1 is 1.78 bits per heavy atom. The van der Waals surface area contributed by atoms with Crippen molar-refractivity contribution >= 4 is 27.3 Å². The summed E-state index contributed by atoms with van der Waals surface area (Å²) in [4.78, 5) is 1.34. The Morgan fingerprint density at radius 3 is 2.67 bits per heavy atom. The Hall–Kier alpha value is 0.140. The predicted molar refractivity (Wildman–Crippen MR) is 43.3 cm³/mol. The summed E-state index contributed by atoms with van der Waals surface area (Å²) in [6.45, 7) is 2.10. The Bertz CT molecular complexity index is 195. The lowest BCUT2D eigenvalue weighted by molar-refractivity contribution is -0.419. The van der Waals surface area contributed by atoms with Crippen molar-refractivity contribution in [3.05, 3.63) is 20.8 Å². The van der Waals surface area contributed by atoms with E-state index in [1.54, 1.807) is 11.3 Å². The summed E-state index contributed by atoms with van der Waals surface area (Å²) in [5, 5.41) is 2.08. The Balaban J connectivity index is 2.85. The molecule has 1 rings (SSSR count). The van der Waals surface area contributed by atoms with Gasteiger partial charge in [-0.1, -0.05) is 0 Å². The molecule has 50 valence electrons. The molecule has 0 amide bonds. The van der Waals surface area contributed by atoms with E-state index in [1.165, 1.54) is 4.88 Å². The van der Waals surface area contributed by atoms with Crippen LogP contribution in [-0.4, -0.2) is 0 Å². The molecule has 3 heteroatoms. The van der Waals surface area contributed by atoms with Crippen LogP contribution in [0.1, 0.15) is 17.8 Å². The lowest BCUT2D eigenvalue weighted by Gasteiger charge is -1.92. The third kappa shape index (κ3) is 1.78. The van der Waals surface area contributed by atoms with Crippen LogP contribution in [0, 0.1) is 0 Å². The summed E-state index contributed by atoms with van der Waals surface area (Å²) in [5.41, 5.74) is 3.91. The fourth-order valence-corrected chi connectivity index (χ4v) is 2.01. The third-order valence-electron chi connectivity index (χ3n) is 1.07. The first-order chi connectivity index (χ1) is 4.20. The quantitative estimate of drug-likeness (QED) is 0.727. The van der Waals surface area contributed by atoms with Crippen LogP contribution in [0.25, 0.3) is 0 Å². The molecule has 9 heavy (non-hydrogen) atoms. The molecule has 1 aromatic heterocycles. The minimum Gasteiger partial charge on any atom is -0.351 e. The van der Waals surface area contributed by atoms with Crippen LogP contribution in [0.5, 0.6) is 0 Å². The van der Waals surface area contributed by atoms with Crippen LogP contribution in [-0.2, 0) is 0 Å². The molecule has 1 unspecified atom stereocenters. The molecular weight excluding hydrogens is 198 g/mol. The molecule has 0 saturated carbocycles. The van der Waals surface area contributed by atoms with Crippen molar-refractivity contribution in [2.45, 2.75) is 13.0 Å². The molecule has 1 aromatic rings. The van der Waals surface area contributed by atoms with Gasteiger partial charge in [-0.15, -0.1) is 11.3 Å². The molecule has 0 saturated heterocycles. The number of rotatable bonds is 1. The van der Waals surface area contributed by atoms with Crippen molar-refractivity contribution in [1.29, 1.82) is 0 Å². The van der Waals surface area contributed by atoms with Crippen LogP contribution in [0.4, 0.5) is 0 Å². The summed E-state index contributed by atoms with van der Waals surface area (Å²) in [7, 11) is 0. The zero-order chi connectivity index (χ0) is 6.85. The molecule has 0 fully saturated rings. The SMILES string of the molecule is CC([NH3+])c1cc(Br)cs1. The second-order valence-electron chi connectivity index (χ2n) is 2.07. The second kappa shape index (κ2) is 2.82. The molecule has 0 aromatic carbocycles. The van der Waals surface area contributed by atoms with Gasteiger partial charge in [0.2, 0.25) is 0 Å². The highest BCUT2D eigenvalue weighted by molar-refractivity contribution is 9.10. The third-order valence-corrected chi connectivity index (χ3v) is 3.00. The van der Waals surface area contributed by atoms with Crippen LogP contribution < -0.4 is 5.73 Å². The van der Waals surface area contributed by atoms with E-state index in [-0.39, 0.29) is 0 Å². The van der Waals surface area contributed by atoms with E-state index in [0.717, 1.165) is 4.47 Å². The second-order valence-corrected chi connectivity index (χ2v) is 3.93. The Kier molecular flexibility index (Phi) is 2.27. The zero-order valence-corrected chi connectivity index (χ0v) is 7.63. The van der Waals surface area contributed by atoms with Gasteiger partial charge in [-0.05, 0) is 28.9 Å². The van der Waals surface area contributed by atoms with Crippen molar-refractivity contribution in [2.24, 2.45) is 0 Å². The maximum absolute atomic E-state index is 3.91. The summed E-state index contributed by atoms with van der Waals surface area (Å²) in [6, 6.07) is 2.53. The van der Waals surface area contributed by atoms with Gasteiger partial charge in [0.15, 0.2) is 0 Å². The topological polar surface area (TPSA) is 27.6 Å². The van der Waals surface area contributed by atoms with Gasteiger partial charge >= 0.3 is 0 Å². The smallest absolute Gasteiger partial charge is 0.116 e. The number of hydrogen-bond acceptors (Lipinski definition) is 1. The van der Waals surface area contributed by atoms with Crippen LogP contribution in [0.3, 0.4) is 0 Å². The highest BCUT2D eigenvalue weighted by atomic mass is 79.9. The van der Waals surface area contributed by atoms with Gasteiger partial charge in [0.25, 0.3) is 0 Å². The highest BCUT2D eigenvalue weighted by Gasteiger charge is 2.03. The summed E-state index contributed by atoms with van der Waals surface area (Å²) >= 11 is 5.13. The first-order valence-electron chi connectivity index (χ1n) is 2.77.